The fourth-order valence-electron chi connectivity index (χ4n) is 2.51. The van der Waals surface area contributed by atoms with Crippen LogP contribution in [-0.4, -0.2) is 43.2 Å². The van der Waals surface area contributed by atoms with E-state index >= 15 is 0 Å². The third kappa shape index (κ3) is 3.66. The van der Waals surface area contributed by atoms with Crippen LogP contribution in [0.4, 0.5) is 0 Å². The second kappa shape index (κ2) is 7.43. The van der Waals surface area contributed by atoms with Crippen molar-refractivity contribution in [1.29, 1.82) is 0 Å². The van der Waals surface area contributed by atoms with E-state index in [0.29, 0.717) is 5.69 Å². The highest BCUT2D eigenvalue weighted by Crippen LogP contribution is 2.11. The van der Waals surface area contributed by atoms with Crippen LogP contribution in [-0.2, 0) is 16.0 Å². The zero-order valence-corrected chi connectivity index (χ0v) is 13.6. The molecule has 2 amide bonds. The van der Waals surface area contributed by atoms with E-state index in [-0.39, 0.29) is 12.1 Å². The number of H-pyrrole nitrogens is 1. The predicted octanol–water partition coefficient (Wildman–Crippen LogP) is -0.00910. The maximum Gasteiger partial charge on any atom is 0.287 e. The number of carbonyl (C=O) groups excluding carboxylic acids is 3. The molecule has 3 rings (SSSR count). The van der Waals surface area contributed by atoms with Crippen molar-refractivity contribution in [3.8, 4) is 5.69 Å². The summed E-state index contributed by atoms with van der Waals surface area (Å²) in [6.45, 7) is 0. The summed E-state index contributed by atoms with van der Waals surface area (Å²) in [4.78, 5) is 46.8. The average Bonchev–Trinajstić information content (AvgIpc) is 3.32. The van der Waals surface area contributed by atoms with E-state index in [0.717, 1.165) is 5.56 Å². The van der Waals surface area contributed by atoms with Gasteiger partial charge in [-0.05, 0) is 23.8 Å². The second-order valence-electron chi connectivity index (χ2n) is 5.53. The smallest absolute Gasteiger partial charge is 0.287 e. The Morgan fingerprint density at radius 1 is 1.19 bits per heavy atom. The lowest BCUT2D eigenvalue weighted by molar-refractivity contribution is -0.137. The van der Waals surface area contributed by atoms with Gasteiger partial charge >= 0.3 is 0 Å². The molecular weight excluding hydrogens is 336 g/mol. The van der Waals surface area contributed by atoms with Crippen LogP contribution in [0.3, 0.4) is 0 Å². The zero-order valence-electron chi connectivity index (χ0n) is 13.6. The number of imidazole rings is 1. The second-order valence-corrected chi connectivity index (χ2v) is 5.53. The van der Waals surface area contributed by atoms with Crippen molar-refractivity contribution >= 4 is 17.6 Å². The molecule has 0 radical (unpaired) electrons. The van der Waals surface area contributed by atoms with Crippen LogP contribution < -0.4 is 11.1 Å². The first kappa shape index (κ1) is 17.1. The van der Waals surface area contributed by atoms with Crippen LogP contribution in [0.15, 0.2) is 55.5 Å². The molecule has 3 heterocycles. The number of nitrogens with one attached hydrogen (secondary N) is 2. The SMILES string of the molecule is NC(=O)C(=O)C(Cc1cc[nH]c1)NC(=O)c1cncn1-c1ccncc1. The number of nitrogens with zero attached hydrogens (tertiary/aromatic N) is 3. The van der Waals surface area contributed by atoms with Gasteiger partial charge in [-0.1, -0.05) is 0 Å². The first-order chi connectivity index (χ1) is 12.6. The van der Waals surface area contributed by atoms with Crippen LogP contribution in [0.2, 0.25) is 0 Å². The third-order valence-corrected chi connectivity index (χ3v) is 3.78. The van der Waals surface area contributed by atoms with E-state index in [1.165, 1.54) is 12.5 Å². The highest BCUT2D eigenvalue weighted by molar-refractivity contribution is 6.38. The van der Waals surface area contributed by atoms with E-state index in [2.05, 4.69) is 20.3 Å². The van der Waals surface area contributed by atoms with Crippen LogP contribution in [0, 0.1) is 0 Å². The minimum absolute atomic E-state index is 0.139. The molecule has 0 aliphatic heterocycles. The number of carbonyl (C=O) groups is 3. The molecule has 132 valence electrons. The monoisotopic (exact) mass is 352 g/mol. The molecule has 1 unspecified atom stereocenters. The first-order valence-corrected chi connectivity index (χ1v) is 7.75. The number of aromatic nitrogens is 4. The Morgan fingerprint density at radius 2 is 1.96 bits per heavy atom. The predicted molar refractivity (Wildman–Crippen MR) is 91.3 cm³/mol. The number of pyridine rings is 1. The minimum Gasteiger partial charge on any atom is -0.367 e. The number of hydrogen-bond donors (Lipinski definition) is 3. The van der Waals surface area contributed by atoms with Crippen molar-refractivity contribution in [3.63, 3.8) is 0 Å². The Kier molecular flexibility index (Phi) is 4.88. The fraction of sp³-hybridized carbons (Fsp3) is 0.118. The molecule has 0 saturated heterocycles. The Hall–Kier alpha value is -3.75. The normalized spacial score (nSPS) is 11.7. The summed E-state index contributed by atoms with van der Waals surface area (Å²) in [5.41, 5.74) is 6.77. The van der Waals surface area contributed by atoms with Crippen LogP contribution in [0.1, 0.15) is 16.1 Å². The van der Waals surface area contributed by atoms with Gasteiger partial charge in [-0.3, -0.25) is 23.9 Å². The summed E-state index contributed by atoms with van der Waals surface area (Å²) in [6.07, 6.45) is 9.51. The lowest BCUT2D eigenvalue weighted by Gasteiger charge is -2.16. The van der Waals surface area contributed by atoms with E-state index < -0.39 is 23.6 Å². The lowest BCUT2D eigenvalue weighted by atomic mass is 10.0. The largest absolute Gasteiger partial charge is 0.367 e. The molecule has 3 aromatic rings. The molecule has 0 saturated carbocycles. The van der Waals surface area contributed by atoms with E-state index in [9.17, 15) is 14.4 Å². The summed E-state index contributed by atoms with van der Waals surface area (Å²) in [5, 5.41) is 2.57. The van der Waals surface area contributed by atoms with Crippen molar-refractivity contribution in [2.45, 2.75) is 12.5 Å². The molecule has 1 atom stereocenters. The number of Topliss-reactive ketones (excluding diaryl/α,β-unsaturated/α-hetero) is 1. The van der Waals surface area contributed by atoms with Crippen molar-refractivity contribution in [3.05, 3.63) is 66.8 Å². The van der Waals surface area contributed by atoms with Gasteiger partial charge in [-0.25, -0.2) is 4.98 Å². The van der Waals surface area contributed by atoms with Gasteiger partial charge in [0.2, 0.25) is 5.78 Å². The summed E-state index contributed by atoms with van der Waals surface area (Å²) in [7, 11) is 0. The van der Waals surface area contributed by atoms with Crippen LogP contribution in [0.5, 0.6) is 0 Å². The lowest BCUT2D eigenvalue weighted by Crippen LogP contribution is -2.47. The standard InChI is InChI=1S/C17H16N6O3/c18-16(25)15(24)13(7-11-1-4-20-8-11)22-17(26)14-9-21-10-23(14)12-2-5-19-6-3-12/h1-6,8-10,13,20H,7H2,(H2,18,25)(H,22,26). The van der Waals surface area contributed by atoms with Gasteiger partial charge in [-0.2, -0.15) is 0 Å². The topological polar surface area (TPSA) is 136 Å². The quantitative estimate of drug-likeness (QED) is 0.514. The maximum atomic E-state index is 12.7. The Morgan fingerprint density at radius 3 is 2.62 bits per heavy atom. The maximum absolute atomic E-state index is 12.7. The number of rotatable bonds is 7. The first-order valence-electron chi connectivity index (χ1n) is 7.75. The summed E-state index contributed by atoms with van der Waals surface area (Å²) >= 11 is 0. The van der Waals surface area contributed by atoms with Gasteiger partial charge in [0.25, 0.3) is 11.8 Å². The molecule has 26 heavy (non-hydrogen) atoms. The van der Waals surface area contributed by atoms with E-state index in [1.807, 2.05) is 0 Å². The van der Waals surface area contributed by atoms with Crippen molar-refractivity contribution in [2.75, 3.05) is 0 Å². The fourth-order valence-corrected chi connectivity index (χ4v) is 2.51. The Bertz CT molecular complexity index is 917. The highest BCUT2D eigenvalue weighted by Gasteiger charge is 2.27. The number of hydrogen-bond acceptors (Lipinski definition) is 5. The number of ketones is 1. The number of aromatic amines is 1. The summed E-state index contributed by atoms with van der Waals surface area (Å²) in [5.74, 6) is -2.52. The Labute approximate surface area is 148 Å². The molecule has 0 aliphatic carbocycles. The molecule has 0 bridgehead atoms. The van der Waals surface area contributed by atoms with Crippen molar-refractivity contribution < 1.29 is 14.4 Å². The number of primary amides is 1. The average molecular weight is 352 g/mol. The number of amides is 2. The highest BCUT2D eigenvalue weighted by atomic mass is 16.2. The van der Waals surface area contributed by atoms with Gasteiger partial charge in [0.05, 0.1) is 18.2 Å². The molecule has 0 aromatic carbocycles. The van der Waals surface area contributed by atoms with Crippen molar-refractivity contribution in [1.82, 2.24) is 24.8 Å². The summed E-state index contributed by atoms with van der Waals surface area (Å²) < 4.78 is 1.55. The van der Waals surface area contributed by atoms with Gasteiger partial charge in [-0.15, -0.1) is 0 Å². The van der Waals surface area contributed by atoms with Crippen molar-refractivity contribution in [2.24, 2.45) is 5.73 Å². The zero-order chi connectivity index (χ0) is 18.5. The molecular formula is C17H16N6O3. The molecule has 0 fully saturated rings. The van der Waals surface area contributed by atoms with E-state index in [1.54, 1.807) is 47.6 Å². The third-order valence-electron chi connectivity index (χ3n) is 3.78. The van der Waals surface area contributed by atoms with Gasteiger partial charge < -0.3 is 16.0 Å². The summed E-state index contributed by atoms with van der Waals surface area (Å²) in [6, 6.07) is 4.10. The molecule has 9 nitrogen and oxygen atoms in total. The molecule has 9 heteroatoms. The molecule has 0 spiro atoms. The van der Waals surface area contributed by atoms with Crippen LogP contribution >= 0.6 is 0 Å². The molecule has 4 N–H and O–H groups in total. The molecule has 3 aromatic heterocycles. The van der Waals surface area contributed by atoms with Gasteiger partial charge in [0.1, 0.15) is 11.7 Å². The minimum atomic E-state index is -1.10. The van der Waals surface area contributed by atoms with Crippen LogP contribution in [0.25, 0.3) is 5.69 Å². The molecule has 0 aliphatic rings. The van der Waals surface area contributed by atoms with E-state index in [4.69, 9.17) is 5.73 Å². The van der Waals surface area contributed by atoms with Gasteiger partial charge in [0.15, 0.2) is 0 Å². The number of nitrogens with two attached hydrogens (primary N) is 1. The van der Waals surface area contributed by atoms with Gasteiger partial charge in [0, 0.05) is 31.2 Å². The Balaban J connectivity index is 1.83.